The number of carbonyl (C=O) groups excluding carboxylic acids is 1. The number of aryl methyl sites for hydroxylation is 2. The van der Waals surface area contributed by atoms with Crippen LogP contribution in [0.2, 0.25) is 0 Å². The Balaban J connectivity index is 2.67. The Kier molecular flexibility index (Phi) is 6.51. The molecule has 0 unspecified atom stereocenters. The number of benzene rings is 1. The Morgan fingerprint density at radius 2 is 1.68 bits per heavy atom. The first-order chi connectivity index (χ1) is 12.0. The predicted octanol–water partition coefficient (Wildman–Crippen LogP) is 4.04. The molecule has 0 N–H and O–H groups in total. The van der Waals surface area contributed by atoms with Gasteiger partial charge in [-0.2, -0.15) is 0 Å². The summed E-state index contributed by atoms with van der Waals surface area (Å²) >= 11 is 0. The van der Waals surface area contributed by atoms with Crippen molar-refractivity contribution in [3.63, 3.8) is 0 Å². The van der Waals surface area contributed by atoms with Crippen LogP contribution >= 0.6 is 0 Å². The van der Waals surface area contributed by atoms with Crippen molar-refractivity contribution in [3.8, 4) is 11.4 Å². The number of ether oxygens (including phenoxy) is 1. The largest absolute Gasteiger partial charge is 0.462 e. The van der Waals surface area contributed by atoms with Crippen LogP contribution in [0.1, 0.15) is 49.3 Å². The van der Waals surface area contributed by atoms with Gasteiger partial charge in [0.2, 0.25) is 0 Å². The molecule has 0 bridgehead atoms. The van der Waals surface area contributed by atoms with Crippen molar-refractivity contribution in [1.29, 1.82) is 0 Å². The van der Waals surface area contributed by atoms with Crippen molar-refractivity contribution in [1.82, 2.24) is 9.97 Å². The van der Waals surface area contributed by atoms with Crippen LogP contribution in [0, 0.1) is 6.92 Å². The Morgan fingerprint density at radius 3 is 2.20 bits per heavy atom. The van der Waals surface area contributed by atoms with Crippen LogP contribution in [0.25, 0.3) is 11.4 Å². The molecule has 5 heteroatoms. The number of hydrogen-bond acceptors (Lipinski definition) is 5. The first-order valence-electron chi connectivity index (χ1n) is 8.95. The van der Waals surface area contributed by atoms with Crippen LogP contribution in [0.4, 0.5) is 5.82 Å². The molecular formula is C20H27N3O2. The fourth-order valence-corrected chi connectivity index (χ4v) is 2.75. The Bertz CT molecular complexity index is 722. The lowest BCUT2D eigenvalue weighted by Crippen LogP contribution is -2.27. The van der Waals surface area contributed by atoms with Gasteiger partial charge in [-0.3, -0.25) is 0 Å². The van der Waals surface area contributed by atoms with Gasteiger partial charge in [0.05, 0.1) is 12.3 Å². The maximum absolute atomic E-state index is 12.5. The highest BCUT2D eigenvalue weighted by Crippen LogP contribution is 2.27. The Labute approximate surface area is 150 Å². The smallest absolute Gasteiger partial charge is 0.343 e. The number of nitrogens with zero attached hydrogens (tertiary/aromatic N) is 3. The molecule has 1 heterocycles. The van der Waals surface area contributed by atoms with Gasteiger partial charge in [-0.15, -0.1) is 0 Å². The SMILES string of the molecule is CCOC(=O)c1c(CC)nc(-c2ccc(C)cc2)nc1N(CC)CC. The third kappa shape index (κ3) is 4.16. The lowest BCUT2D eigenvalue weighted by molar-refractivity contribution is 0.0525. The van der Waals surface area contributed by atoms with Crippen LogP contribution in [0.5, 0.6) is 0 Å². The fourth-order valence-electron chi connectivity index (χ4n) is 2.75. The zero-order chi connectivity index (χ0) is 18.4. The molecule has 0 saturated carbocycles. The summed E-state index contributed by atoms with van der Waals surface area (Å²) in [5.74, 6) is 0.953. The number of hydrogen-bond donors (Lipinski definition) is 0. The summed E-state index contributed by atoms with van der Waals surface area (Å²) < 4.78 is 5.27. The van der Waals surface area contributed by atoms with Crippen molar-refractivity contribution in [2.24, 2.45) is 0 Å². The second kappa shape index (κ2) is 8.60. The third-order valence-corrected chi connectivity index (χ3v) is 4.15. The second-order valence-electron chi connectivity index (χ2n) is 5.80. The molecular weight excluding hydrogens is 314 g/mol. The van der Waals surface area contributed by atoms with Gasteiger partial charge in [0.15, 0.2) is 5.82 Å². The minimum Gasteiger partial charge on any atom is -0.462 e. The van der Waals surface area contributed by atoms with Crippen LogP contribution in [-0.4, -0.2) is 35.6 Å². The van der Waals surface area contributed by atoms with Crippen molar-refractivity contribution in [2.75, 3.05) is 24.6 Å². The maximum Gasteiger partial charge on any atom is 0.343 e. The molecule has 2 rings (SSSR count). The highest BCUT2D eigenvalue weighted by atomic mass is 16.5. The van der Waals surface area contributed by atoms with Gasteiger partial charge in [-0.05, 0) is 34.1 Å². The highest BCUT2D eigenvalue weighted by Gasteiger charge is 2.24. The molecule has 0 aliphatic carbocycles. The number of aromatic nitrogens is 2. The molecule has 0 aliphatic heterocycles. The van der Waals surface area contributed by atoms with Gasteiger partial charge in [-0.1, -0.05) is 36.8 Å². The first-order valence-corrected chi connectivity index (χ1v) is 8.95. The monoisotopic (exact) mass is 341 g/mol. The van der Waals surface area contributed by atoms with Gasteiger partial charge in [0.1, 0.15) is 11.4 Å². The lowest BCUT2D eigenvalue weighted by Gasteiger charge is -2.24. The molecule has 0 atom stereocenters. The molecule has 2 aromatic rings. The van der Waals surface area contributed by atoms with Gasteiger partial charge < -0.3 is 9.64 Å². The Hall–Kier alpha value is -2.43. The number of esters is 1. The lowest BCUT2D eigenvalue weighted by atomic mass is 10.1. The summed E-state index contributed by atoms with van der Waals surface area (Å²) in [6, 6.07) is 8.11. The molecule has 5 nitrogen and oxygen atoms in total. The molecule has 1 aromatic heterocycles. The van der Waals surface area contributed by atoms with Crippen LogP contribution in [-0.2, 0) is 11.2 Å². The van der Waals surface area contributed by atoms with Gasteiger partial charge in [-0.25, -0.2) is 14.8 Å². The summed E-state index contributed by atoms with van der Waals surface area (Å²) in [7, 11) is 0. The molecule has 0 spiro atoms. The molecule has 0 saturated heterocycles. The van der Waals surface area contributed by atoms with E-state index in [4.69, 9.17) is 9.72 Å². The molecule has 1 aromatic carbocycles. The van der Waals surface area contributed by atoms with E-state index in [-0.39, 0.29) is 5.97 Å². The van der Waals surface area contributed by atoms with E-state index in [9.17, 15) is 4.79 Å². The van der Waals surface area contributed by atoms with Crippen molar-refractivity contribution in [2.45, 2.75) is 41.0 Å². The zero-order valence-electron chi connectivity index (χ0n) is 15.8. The number of anilines is 1. The van der Waals surface area contributed by atoms with E-state index in [1.165, 1.54) is 5.56 Å². The quantitative estimate of drug-likeness (QED) is 0.712. The first kappa shape index (κ1) is 18.9. The number of carbonyl (C=O) groups is 1. The normalized spacial score (nSPS) is 10.6. The van der Waals surface area contributed by atoms with E-state index in [1.54, 1.807) is 0 Å². The zero-order valence-corrected chi connectivity index (χ0v) is 15.8. The number of rotatable bonds is 7. The summed E-state index contributed by atoms with van der Waals surface area (Å²) in [6.45, 7) is 11.8. The molecule has 0 radical (unpaired) electrons. The predicted molar refractivity (Wildman–Crippen MR) is 101 cm³/mol. The van der Waals surface area contributed by atoms with Crippen LogP contribution < -0.4 is 4.90 Å². The highest BCUT2D eigenvalue weighted by molar-refractivity contribution is 5.96. The van der Waals surface area contributed by atoms with Crippen molar-refractivity contribution < 1.29 is 9.53 Å². The second-order valence-corrected chi connectivity index (χ2v) is 5.80. The molecule has 25 heavy (non-hydrogen) atoms. The fraction of sp³-hybridized carbons (Fsp3) is 0.450. The molecule has 134 valence electrons. The van der Waals surface area contributed by atoms with E-state index in [0.717, 1.165) is 24.3 Å². The average molecular weight is 341 g/mol. The van der Waals surface area contributed by atoms with Gasteiger partial charge >= 0.3 is 5.97 Å². The standard InChI is InChI=1S/C20H27N3O2/c1-6-16-17(20(24)25-9-4)19(23(7-2)8-3)22-18(21-16)15-12-10-14(5)11-13-15/h10-13H,6-9H2,1-5H3. The third-order valence-electron chi connectivity index (χ3n) is 4.15. The summed E-state index contributed by atoms with van der Waals surface area (Å²) in [5, 5.41) is 0. The van der Waals surface area contributed by atoms with Gasteiger partial charge in [0, 0.05) is 18.7 Å². The van der Waals surface area contributed by atoms with Gasteiger partial charge in [0.25, 0.3) is 0 Å². The molecule has 0 fully saturated rings. The Morgan fingerprint density at radius 1 is 1.04 bits per heavy atom. The van der Waals surface area contributed by atoms with Crippen LogP contribution in [0.15, 0.2) is 24.3 Å². The summed E-state index contributed by atoms with van der Waals surface area (Å²) in [6.07, 6.45) is 0.643. The topological polar surface area (TPSA) is 55.3 Å². The van der Waals surface area contributed by atoms with E-state index in [1.807, 2.05) is 45.0 Å². The van der Waals surface area contributed by atoms with Crippen LogP contribution in [0.3, 0.4) is 0 Å². The average Bonchev–Trinajstić information content (AvgIpc) is 2.62. The minimum absolute atomic E-state index is 0.333. The van der Waals surface area contributed by atoms with E-state index in [0.29, 0.717) is 30.2 Å². The van der Waals surface area contributed by atoms with Crippen molar-refractivity contribution in [3.05, 3.63) is 41.1 Å². The summed E-state index contributed by atoms with van der Waals surface area (Å²) in [5.41, 5.74) is 3.35. The molecule has 0 aliphatic rings. The maximum atomic E-state index is 12.5. The minimum atomic E-state index is -0.350. The molecule has 0 amide bonds. The van der Waals surface area contributed by atoms with Crippen molar-refractivity contribution >= 4 is 11.8 Å². The van der Waals surface area contributed by atoms with E-state index >= 15 is 0 Å². The van der Waals surface area contributed by atoms with E-state index in [2.05, 4.69) is 23.7 Å². The summed E-state index contributed by atoms with van der Waals surface area (Å²) in [4.78, 5) is 24.0. The van der Waals surface area contributed by atoms with E-state index < -0.39 is 0 Å².